The Morgan fingerprint density at radius 2 is 1.81 bits per heavy atom. The van der Waals surface area contributed by atoms with E-state index in [9.17, 15) is 34.2 Å². The number of ether oxygens (including phenoxy) is 2. The van der Waals surface area contributed by atoms with Gasteiger partial charge in [0, 0.05) is 68.1 Å². The highest BCUT2D eigenvalue weighted by Crippen LogP contribution is 2.44. The minimum absolute atomic E-state index is 0.0142. The van der Waals surface area contributed by atoms with E-state index in [0.717, 1.165) is 12.1 Å². The molecule has 3 N–H and O–H groups in total. The number of phenolic OH excluding ortho intramolecular Hbond substituents is 2. The van der Waals surface area contributed by atoms with Gasteiger partial charge >= 0.3 is 5.97 Å². The number of phenols is 2. The molecule has 3 aromatic rings. The van der Waals surface area contributed by atoms with Gasteiger partial charge in [-0.25, -0.2) is 4.79 Å². The van der Waals surface area contributed by atoms with Crippen molar-refractivity contribution in [2.24, 2.45) is 5.92 Å². The van der Waals surface area contributed by atoms with Gasteiger partial charge in [0.1, 0.15) is 34.6 Å². The zero-order chi connectivity index (χ0) is 40.6. The van der Waals surface area contributed by atoms with Gasteiger partial charge in [0.25, 0.3) is 5.56 Å². The van der Waals surface area contributed by atoms with Gasteiger partial charge in [-0.15, -0.1) is 0 Å². The molecule has 2 amide bonds. The number of fused-ring (bicyclic) bond motifs is 5. The topological polar surface area (TPSA) is 164 Å². The Morgan fingerprint density at radius 1 is 1.04 bits per heavy atom. The third kappa shape index (κ3) is 9.92. The van der Waals surface area contributed by atoms with Crippen molar-refractivity contribution in [3.63, 3.8) is 0 Å². The number of thioether (sulfide) groups is 1. The summed E-state index contributed by atoms with van der Waals surface area (Å²) >= 11 is 1.57. The molecule has 304 valence electrons. The van der Waals surface area contributed by atoms with E-state index in [0.29, 0.717) is 81.6 Å². The number of piperidine rings is 1. The van der Waals surface area contributed by atoms with Gasteiger partial charge in [0.05, 0.1) is 13.2 Å². The molecule has 1 saturated heterocycles. The highest BCUT2D eigenvalue weighted by atomic mass is 32.2. The molecule has 0 saturated carbocycles. The summed E-state index contributed by atoms with van der Waals surface area (Å²) in [6.45, 7) is 3.20. The van der Waals surface area contributed by atoms with Crippen molar-refractivity contribution in [2.45, 2.75) is 95.2 Å². The van der Waals surface area contributed by atoms with Gasteiger partial charge in [0.15, 0.2) is 0 Å². The fourth-order valence-corrected chi connectivity index (χ4v) is 8.94. The summed E-state index contributed by atoms with van der Waals surface area (Å²) in [5.74, 6) is -1.76. The van der Waals surface area contributed by atoms with E-state index in [-0.39, 0.29) is 57.9 Å². The molecule has 5 atom stereocenters. The molecular weight excluding hydrogens is 747 g/mol. The number of hydrogen-bond acceptors (Lipinski definition) is 10. The molecule has 2 bridgehead atoms. The largest absolute Gasteiger partial charge is 0.507 e. The quantitative estimate of drug-likeness (QED) is 0.203. The van der Waals surface area contributed by atoms with E-state index in [1.165, 1.54) is 13.2 Å². The molecule has 12 nitrogen and oxygen atoms in total. The molecule has 6 rings (SSSR count). The van der Waals surface area contributed by atoms with Crippen LogP contribution in [0.3, 0.4) is 0 Å². The summed E-state index contributed by atoms with van der Waals surface area (Å²) in [5.41, 5.74) is 1.53. The maximum Gasteiger partial charge on any atom is 0.342 e. The number of rotatable bonds is 10. The Labute approximate surface area is 337 Å². The molecular formula is C44H53N3O9S. The average Bonchev–Trinajstić information content (AvgIpc) is 3.18. The van der Waals surface area contributed by atoms with Crippen molar-refractivity contribution in [1.82, 2.24) is 14.8 Å². The van der Waals surface area contributed by atoms with E-state index in [1.807, 2.05) is 21.8 Å². The predicted octanol–water partition coefficient (Wildman–Crippen LogP) is 6.16. The van der Waals surface area contributed by atoms with Crippen LogP contribution >= 0.6 is 11.8 Å². The first-order valence-electron chi connectivity index (χ1n) is 19.9. The number of methoxy groups -OCH3 is 1. The average molecular weight is 800 g/mol. The number of allylic oxidation sites excluding steroid dienone is 1. The Morgan fingerprint density at radius 3 is 2.56 bits per heavy atom. The zero-order valence-electron chi connectivity index (χ0n) is 32.9. The molecule has 4 heterocycles. The Kier molecular flexibility index (Phi) is 13.8. The van der Waals surface area contributed by atoms with Crippen LogP contribution < -0.4 is 15.6 Å². The summed E-state index contributed by atoms with van der Waals surface area (Å²) in [4.78, 5) is 68.9. The summed E-state index contributed by atoms with van der Waals surface area (Å²) in [5, 5.41) is 26.6. The zero-order valence-corrected chi connectivity index (χ0v) is 33.7. The lowest BCUT2D eigenvalue weighted by Crippen LogP contribution is -2.55. The van der Waals surface area contributed by atoms with Crippen LogP contribution in [-0.4, -0.2) is 87.6 Å². The number of cyclic esters (lactones) is 1. The summed E-state index contributed by atoms with van der Waals surface area (Å²) in [6.07, 6.45) is 8.86. The number of carbonyl (C=O) groups excluding carboxylic acids is 4. The van der Waals surface area contributed by atoms with Crippen LogP contribution in [0.25, 0.3) is 6.08 Å². The highest BCUT2D eigenvalue weighted by molar-refractivity contribution is 7.98. The molecule has 1 aromatic heterocycles. The number of likely N-dealkylation sites (tertiary alicyclic amines) is 1. The van der Waals surface area contributed by atoms with Crippen LogP contribution in [-0.2, 0) is 25.7 Å². The molecule has 0 radical (unpaired) electrons. The number of Topliss-reactive ketones (excluding diaryl/α,β-unsaturated/α-hetero) is 1. The maximum atomic E-state index is 14.3. The Balaban J connectivity index is 1.31. The SMILES string of the molecule is COc1ccc(C(CC(=O)NC(CCSC)C(=O)N2C[C@H]3C[C@@H](C2)c2cccc(=O)n2C3)c2c(O)cc3c(c2O)C(=O)O[C@@H](C)CCCC(=O)CCCC=C3)cc1. The molecule has 3 aliphatic heterocycles. The van der Waals surface area contributed by atoms with Crippen molar-refractivity contribution in [3.05, 3.63) is 92.9 Å². The molecule has 3 aliphatic rings. The fourth-order valence-electron chi connectivity index (χ4n) is 8.47. The number of carbonyl (C=O) groups is 4. The van der Waals surface area contributed by atoms with Crippen LogP contribution in [0.2, 0.25) is 0 Å². The molecule has 13 heteroatoms. The number of benzene rings is 2. The second-order valence-corrected chi connectivity index (χ2v) is 16.4. The maximum absolute atomic E-state index is 14.3. The predicted molar refractivity (Wildman–Crippen MR) is 219 cm³/mol. The minimum atomic E-state index is -0.949. The normalized spacial score (nSPS) is 21.0. The Hall–Kier alpha value is -5.04. The summed E-state index contributed by atoms with van der Waals surface area (Å²) < 4.78 is 13.0. The fraction of sp³-hybridized carbons (Fsp3) is 0.477. The second-order valence-electron chi connectivity index (χ2n) is 15.4. The van der Waals surface area contributed by atoms with Gasteiger partial charge in [-0.2, -0.15) is 11.8 Å². The van der Waals surface area contributed by atoms with Crippen molar-refractivity contribution in [1.29, 1.82) is 0 Å². The van der Waals surface area contributed by atoms with E-state index >= 15 is 0 Å². The number of pyridine rings is 1. The van der Waals surface area contributed by atoms with Crippen LogP contribution in [0.15, 0.2) is 59.4 Å². The van der Waals surface area contributed by atoms with Gasteiger partial charge in [-0.1, -0.05) is 30.4 Å². The van der Waals surface area contributed by atoms with Crippen molar-refractivity contribution in [2.75, 3.05) is 32.2 Å². The van der Waals surface area contributed by atoms with Crippen LogP contribution in [0, 0.1) is 5.92 Å². The summed E-state index contributed by atoms with van der Waals surface area (Å²) in [7, 11) is 1.53. The number of hydrogen-bond donors (Lipinski definition) is 3. The number of nitrogens with zero attached hydrogens (tertiary/aromatic N) is 2. The highest BCUT2D eigenvalue weighted by Gasteiger charge is 2.39. The molecule has 0 aliphatic carbocycles. The van der Waals surface area contributed by atoms with Crippen LogP contribution in [0.1, 0.15) is 109 Å². The van der Waals surface area contributed by atoms with E-state index in [4.69, 9.17) is 9.47 Å². The number of nitrogens with one attached hydrogen (secondary N) is 1. The van der Waals surface area contributed by atoms with Gasteiger partial charge in [-0.05, 0) is 98.8 Å². The first kappa shape index (κ1) is 41.6. The van der Waals surface area contributed by atoms with E-state index in [1.54, 1.807) is 67.2 Å². The lowest BCUT2D eigenvalue weighted by atomic mass is 9.83. The molecule has 0 spiro atoms. The van der Waals surface area contributed by atoms with E-state index in [2.05, 4.69) is 5.32 Å². The number of aromatic nitrogens is 1. The van der Waals surface area contributed by atoms with Gasteiger partial charge in [-0.3, -0.25) is 19.2 Å². The number of ketones is 1. The molecule has 2 unspecified atom stereocenters. The monoisotopic (exact) mass is 799 g/mol. The van der Waals surface area contributed by atoms with Crippen LogP contribution in [0.5, 0.6) is 17.2 Å². The minimum Gasteiger partial charge on any atom is -0.507 e. The van der Waals surface area contributed by atoms with Crippen LogP contribution in [0.4, 0.5) is 0 Å². The lowest BCUT2D eigenvalue weighted by Gasteiger charge is -2.43. The lowest BCUT2D eigenvalue weighted by molar-refractivity contribution is -0.139. The van der Waals surface area contributed by atoms with Gasteiger partial charge < -0.3 is 34.5 Å². The number of esters is 1. The van der Waals surface area contributed by atoms with Crippen molar-refractivity contribution < 1.29 is 38.9 Å². The Bertz CT molecular complexity index is 2050. The third-order valence-corrected chi connectivity index (χ3v) is 12.0. The van der Waals surface area contributed by atoms with Gasteiger partial charge in [0.2, 0.25) is 11.8 Å². The van der Waals surface area contributed by atoms with E-state index < -0.39 is 35.7 Å². The molecule has 2 aromatic carbocycles. The number of aromatic hydroxyl groups is 2. The smallest absolute Gasteiger partial charge is 0.342 e. The molecule has 57 heavy (non-hydrogen) atoms. The molecule has 1 fully saturated rings. The van der Waals surface area contributed by atoms with Crippen molar-refractivity contribution >= 4 is 41.4 Å². The summed E-state index contributed by atoms with van der Waals surface area (Å²) in [6, 6.07) is 12.7. The van der Waals surface area contributed by atoms with Crippen molar-refractivity contribution in [3.8, 4) is 17.2 Å². The second kappa shape index (κ2) is 18.9. The first-order chi connectivity index (χ1) is 27.5. The first-order valence-corrected chi connectivity index (χ1v) is 21.3. The third-order valence-electron chi connectivity index (χ3n) is 11.3. The number of amides is 2. The standard InChI is InChI=1S/C44H53N3O9S/c1-27-9-7-12-32(48)11-6-4-5-10-30-22-37(49)41(42(52)40(30)44(54)56-27)34(29-15-17-33(55-2)18-16-29)23-38(50)45-35(19-20-57-3)43(53)46-24-28-21-31(26-46)36-13-8-14-39(51)47(36)25-28/h5,8,10,13-18,22,27-28,31,34-35,49,52H,4,6-7,9,11-12,19-21,23-26H2,1-3H3,(H,45,50)/t27-,28+,31-,34?,35?/m0/s1.